The van der Waals surface area contributed by atoms with Gasteiger partial charge in [-0.3, -0.25) is 9.59 Å². The van der Waals surface area contributed by atoms with E-state index in [0.29, 0.717) is 25.9 Å². The second-order valence-electron chi connectivity index (χ2n) is 14.1. The minimum atomic E-state index is -1.00. The number of hydrogen-bond donors (Lipinski definition) is 6. The molecule has 2 aliphatic rings. The summed E-state index contributed by atoms with van der Waals surface area (Å²) in [6.07, 6.45) is 2.36. The number of carbonyl (C=O) groups excluding carboxylic acids is 2. The fourth-order valence-corrected chi connectivity index (χ4v) is 6.81. The van der Waals surface area contributed by atoms with Crippen LogP contribution in [-0.2, 0) is 15.1 Å². The summed E-state index contributed by atoms with van der Waals surface area (Å²) in [5.74, 6) is -1.35. The summed E-state index contributed by atoms with van der Waals surface area (Å²) in [5, 5.41) is 22.6. The Kier molecular flexibility index (Phi) is 8.61. The number of carboxylic acid groups (broad SMARTS) is 1. The first kappa shape index (κ1) is 31.0. The molecule has 1 aromatic carbocycles. The van der Waals surface area contributed by atoms with Crippen molar-refractivity contribution < 1.29 is 19.5 Å². The minimum Gasteiger partial charge on any atom is -0.478 e. The van der Waals surface area contributed by atoms with Crippen LogP contribution in [0.3, 0.4) is 0 Å². The Morgan fingerprint density at radius 3 is 1.51 bits per heavy atom. The highest BCUT2D eigenvalue weighted by Gasteiger charge is 2.48. The molecule has 0 aromatic heterocycles. The Balaban J connectivity index is 1.68. The normalized spacial score (nSPS) is 26.0. The highest BCUT2D eigenvalue weighted by atomic mass is 16.4. The van der Waals surface area contributed by atoms with Crippen LogP contribution in [0.4, 0.5) is 0 Å². The molecule has 9 heteroatoms. The smallest absolute Gasteiger partial charge is 0.335 e. The summed E-state index contributed by atoms with van der Waals surface area (Å²) in [5.41, 5.74) is 6.15. The number of hydrogen-bond acceptors (Lipinski definition) is 6. The van der Waals surface area contributed by atoms with Crippen molar-refractivity contribution in [2.45, 2.75) is 109 Å². The number of carboxylic acids is 1. The van der Waals surface area contributed by atoms with Gasteiger partial charge in [-0.05, 0) is 98.8 Å². The van der Waals surface area contributed by atoms with Crippen LogP contribution in [0.25, 0.3) is 0 Å². The Morgan fingerprint density at radius 1 is 0.821 bits per heavy atom. The molecule has 9 nitrogen and oxygen atoms in total. The van der Waals surface area contributed by atoms with Gasteiger partial charge in [0.1, 0.15) is 0 Å². The fraction of sp³-hybridized carbons (Fsp3) is 0.700. The molecule has 2 atom stereocenters. The van der Waals surface area contributed by atoms with Crippen molar-refractivity contribution in [2.75, 3.05) is 13.1 Å². The van der Waals surface area contributed by atoms with Gasteiger partial charge in [0.2, 0.25) is 11.8 Å². The maximum atomic E-state index is 13.1. The van der Waals surface area contributed by atoms with Gasteiger partial charge in [-0.15, -0.1) is 0 Å². The lowest BCUT2D eigenvalue weighted by Crippen LogP contribution is -2.50. The van der Waals surface area contributed by atoms with Crippen molar-refractivity contribution in [3.05, 3.63) is 35.4 Å². The average Bonchev–Trinajstić information content (AvgIpc) is 3.17. The van der Waals surface area contributed by atoms with Crippen molar-refractivity contribution in [2.24, 2.45) is 17.6 Å². The van der Waals surface area contributed by atoms with Crippen LogP contribution in [0, 0.1) is 11.8 Å². The molecule has 218 valence electrons. The van der Waals surface area contributed by atoms with E-state index in [1.54, 1.807) is 24.3 Å². The molecule has 0 spiro atoms. The topological polar surface area (TPSA) is 146 Å². The Labute approximate surface area is 233 Å². The van der Waals surface area contributed by atoms with Gasteiger partial charge in [0, 0.05) is 40.8 Å². The predicted molar refractivity (Wildman–Crippen MR) is 153 cm³/mol. The molecule has 2 saturated heterocycles. The molecule has 2 unspecified atom stereocenters. The summed E-state index contributed by atoms with van der Waals surface area (Å²) in [6.45, 7) is 17.3. The van der Waals surface area contributed by atoms with Gasteiger partial charge in [0.15, 0.2) is 0 Å². The molecule has 39 heavy (non-hydrogen) atoms. The predicted octanol–water partition coefficient (Wildman–Crippen LogP) is 2.88. The second-order valence-corrected chi connectivity index (χ2v) is 14.1. The first-order valence-corrected chi connectivity index (χ1v) is 14.0. The third kappa shape index (κ3) is 7.38. The van der Waals surface area contributed by atoms with Gasteiger partial charge >= 0.3 is 5.97 Å². The number of nitrogens with two attached hydrogens (primary N) is 1. The first-order chi connectivity index (χ1) is 17.8. The molecule has 2 heterocycles. The van der Waals surface area contributed by atoms with Crippen LogP contribution in [0.2, 0.25) is 0 Å². The van der Waals surface area contributed by atoms with Crippen molar-refractivity contribution in [3.63, 3.8) is 0 Å². The van der Waals surface area contributed by atoms with Gasteiger partial charge in [-0.1, -0.05) is 12.1 Å². The standard InChI is InChI=1S/C30H49N5O4/c1-26(2)17-21(28(5,6)34-26)23(36)32-15-13-30(31,20-11-9-19(10-12-20)25(38)39)14-16-33-24(37)22-18-27(3,4)35-29(22,7)8/h9-12,21-22,34-35H,13-18,31H2,1-8H3,(H,32,36)(H,33,37)(H,38,39). The van der Waals surface area contributed by atoms with Crippen LogP contribution in [0.5, 0.6) is 0 Å². The van der Waals surface area contributed by atoms with E-state index in [9.17, 15) is 19.5 Å². The maximum Gasteiger partial charge on any atom is 0.335 e. The monoisotopic (exact) mass is 543 g/mol. The van der Waals surface area contributed by atoms with Crippen molar-refractivity contribution in [3.8, 4) is 0 Å². The number of aromatic carboxylic acids is 1. The lowest BCUT2D eigenvalue weighted by atomic mass is 9.83. The Hall–Kier alpha value is -2.49. The molecule has 2 fully saturated rings. The minimum absolute atomic E-state index is 0.00599. The largest absolute Gasteiger partial charge is 0.478 e. The Bertz CT molecular complexity index is 1020. The van der Waals surface area contributed by atoms with Gasteiger partial charge in [-0.25, -0.2) is 4.79 Å². The fourth-order valence-electron chi connectivity index (χ4n) is 6.81. The second kappa shape index (κ2) is 10.8. The molecule has 0 bridgehead atoms. The lowest BCUT2D eigenvalue weighted by Gasteiger charge is -2.32. The van der Waals surface area contributed by atoms with E-state index in [1.807, 2.05) is 27.7 Å². The molecule has 0 aliphatic carbocycles. The molecule has 0 saturated carbocycles. The number of benzene rings is 1. The van der Waals surface area contributed by atoms with Crippen LogP contribution in [0.1, 0.15) is 97.0 Å². The van der Waals surface area contributed by atoms with E-state index in [-0.39, 0.29) is 51.4 Å². The first-order valence-electron chi connectivity index (χ1n) is 14.0. The molecule has 7 N–H and O–H groups in total. The average molecular weight is 544 g/mol. The third-order valence-corrected chi connectivity index (χ3v) is 8.57. The molecular weight excluding hydrogens is 494 g/mol. The summed E-state index contributed by atoms with van der Waals surface area (Å²) in [4.78, 5) is 37.6. The van der Waals surface area contributed by atoms with Crippen LogP contribution < -0.4 is 27.0 Å². The van der Waals surface area contributed by atoms with E-state index < -0.39 is 11.5 Å². The van der Waals surface area contributed by atoms with Crippen LogP contribution in [0.15, 0.2) is 24.3 Å². The number of nitrogens with one attached hydrogen (secondary N) is 4. The van der Waals surface area contributed by atoms with E-state index in [2.05, 4.69) is 49.0 Å². The van der Waals surface area contributed by atoms with Crippen LogP contribution in [-0.4, -0.2) is 58.1 Å². The summed E-state index contributed by atoms with van der Waals surface area (Å²) in [7, 11) is 0. The molecule has 2 amide bonds. The van der Waals surface area contributed by atoms with E-state index >= 15 is 0 Å². The quantitative estimate of drug-likeness (QED) is 0.266. The van der Waals surface area contributed by atoms with Gasteiger partial charge in [-0.2, -0.15) is 0 Å². The third-order valence-electron chi connectivity index (χ3n) is 8.57. The Morgan fingerprint density at radius 2 is 1.21 bits per heavy atom. The molecule has 2 aliphatic heterocycles. The summed E-state index contributed by atoms with van der Waals surface area (Å²) < 4.78 is 0. The lowest BCUT2D eigenvalue weighted by molar-refractivity contribution is -0.127. The number of amides is 2. The van der Waals surface area contributed by atoms with E-state index in [1.165, 1.54) is 0 Å². The number of carbonyl (C=O) groups is 3. The zero-order valence-corrected chi connectivity index (χ0v) is 25.0. The van der Waals surface area contributed by atoms with Crippen LogP contribution >= 0.6 is 0 Å². The molecule has 1 aromatic rings. The van der Waals surface area contributed by atoms with Crippen molar-refractivity contribution in [1.29, 1.82) is 0 Å². The number of rotatable bonds is 10. The van der Waals surface area contributed by atoms with E-state index in [0.717, 1.165) is 18.4 Å². The highest BCUT2D eigenvalue weighted by Crippen LogP contribution is 2.37. The van der Waals surface area contributed by atoms with E-state index in [4.69, 9.17) is 5.73 Å². The van der Waals surface area contributed by atoms with Crippen molar-refractivity contribution in [1.82, 2.24) is 21.3 Å². The SMILES string of the molecule is CC1(C)CC(C(=O)NCCC(N)(CCNC(=O)C2CC(C)(C)NC2(C)C)c2ccc(C(=O)O)cc2)C(C)(C)N1. The molecule has 0 radical (unpaired) electrons. The molecule has 3 rings (SSSR count). The highest BCUT2D eigenvalue weighted by molar-refractivity contribution is 5.87. The van der Waals surface area contributed by atoms with Gasteiger partial charge < -0.3 is 32.1 Å². The van der Waals surface area contributed by atoms with Gasteiger partial charge in [0.25, 0.3) is 0 Å². The zero-order chi connectivity index (χ0) is 29.4. The summed E-state index contributed by atoms with van der Waals surface area (Å²) in [6, 6.07) is 6.54. The maximum absolute atomic E-state index is 13.1. The summed E-state index contributed by atoms with van der Waals surface area (Å²) >= 11 is 0. The van der Waals surface area contributed by atoms with Gasteiger partial charge in [0.05, 0.1) is 17.4 Å². The van der Waals surface area contributed by atoms with Crippen molar-refractivity contribution >= 4 is 17.8 Å². The molecular formula is C30H49N5O4. The zero-order valence-electron chi connectivity index (χ0n) is 25.0.